The van der Waals surface area contributed by atoms with Crippen molar-refractivity contribution in [3.8, 4) is 0 Å². The average molecular weight is 788 g/mol. The van der Waals surface area contributed by atoms with E-state index in [1.54, 1.807) is 49.4 Å². The summed E-state index contributed by atoms with van der Waals surface area (Å²) in [4.78, 5) is 27.6. The number of nitrogens with two attached hydrogens (primary N) is 1. The van der Waals surface area contributed by atoms with Crippen LogP contribution in [-0.2, 0) is 28.7 Å². The van der Waals surface area contributed by atoms with Crippen LogP contribution in [0, 0.1) is 0 Å². The van der Waals surface area contributed by atoms with E-state index >= 15 is 0 Å². The van der Waals surface area contributed by atoms with Crippen molar-refractivity contribution in [1.29, 1.82) is 0 Å². The SMILES string of the molecule is CCCCCCCCCCCCCCCCCCOC[C@H](COP(=O)(O)OC1[C@H]2O[C@@](C)(c3ccc4c(N)ncnn34)[C@H](O)[C@@]12O)NC(=O)c1ccccc1. The number of anilines is 1. The van der Waals surface area contributed by atoms with Gasteiger partial charge < -0.3 is 35.6 Å². The van der Waals surface area contributed by atoms with Crippen LogP contribution in [0.2, 0.25) is 0 Å². The summed E-state index contributed by atoms with van der Waals surface area (Å²) in [5.74, 6) is -0.162. The molecule has 1 aliphatic carbocycles. The molecule has 2 fully saturated rings. The molecule has 14 nitrogen and oxygen atoms in total. The van der Waals surface area contributed by atoms with E-state index in [-0.39, 0.29) is 18.3 Å². The Labute approximate surface area is 325 Å². The Morgan fingerprint density at radius 1 is 0.945 bits per heavy atom. The molecule has 1 aromatic carbocycles. The number of unbranched alkanes of at least 4 members (excludes halogenated alkanes) is 15. The predicted octanol–water partition coefficient (Wildman–Crippen LogP) is 6.61. The molecule has 6 N–H and O–H groups in total. The Balaban J connectivity index is 1.01. The number of fused-ring (bicyclic) bond motifs is 2. The van der Waals surface area contributed by atoms with Gasteiger partial charge >= 0.3 is 7.82 Å². The first-order valence-electron chi connectivity index (χ1n) is 20.3. The fraction of sp³-hybridized carbons (Fsp3) is 0.675. The lowest BCUT2D eigenvalue weighted by molar-refractivity contribution is -0.126. The van der Waals surface area contributed by atoms with Gasteiger partial charge in [0.2, 0.25) is 0 Å². The number of aromatic nitrogens is 3. The molecule has 306 valence electrons. The first-order chi connectivity index (χ1) is 26.5. The van der Waals surface area contributed by atoms with Crippen molar-refractivity contribution in [3.05, 3.63) is 60.0 Å². The summed E-state index contributed by atoms with van der Waals surface area (Å²) in [7, 11) is -4.80. The van der Waals surface area contributed by atoms with E-state index in [0.717, 1.165) is 19.3 Å². The van der Waals surface area contributed by atoms with Crippen molar-refractivity contribution in [1.82, 2.24) is 19.9 Å². The van der Waals surface area contributed by atoms with Gasteiger partial charge in [-0.2, -0.15) is 5.10 Å². The first kappa shape index (κ1) is 43.2. The normalized spacial score (nSPS) is 24.8. The molecule has 7 atom stereocenters. The number of nitrogens with zero attached hydrogens (tertiary/aromatic N) is 3. The molecule has 0 radical (unpaired) electrons. The molecule has 2 aromatic heterocycles. The number of carbonyl (C=O) groups excluding carboxylic acids is 1. The number of amides is 1. The third kappa shape index (κ3) is 11.3. The first-order valence-corrected chi connectivity index (χ1v) is 21.8. The second-order valence-electron chi connectivity index (χ2n) is 15.3. The van der Waals surface area contributed by atoms with Gasteiger partial charge in [0.1, 0.15) is 35.8 Å². The molecule has 1 saturated heterocycles. The number of phosphoric ester groups is 1. The highest BCUT2D eigenvalue weighted by molar-refractivity contribution is 7.47. The third-order valence-corrected chi connectivity index (χ3v) is 11.9. The number of aliphatic hydroxyl groups is 2. The molecule has 15 heteroatoms. The highest BCUT2D eigenvalue weighted by Crippen LogP contribution is 2.63. The summed E-state index contributed by atoms with van der Waals surface area (Å²) < 4.78 is 37.2. The number of phosphoric acid groups is 1. The minimum atomic E-state index is -4.80. The van der Waals surface area contributed by atoms with Gasteiger partial charge in [0.15, 0.2) is 11.4 Å². The number of ether oxygens (including phenoxy) is 2. The molecule has 1 aliphatic heterocycles. The van der Waals surface area contributed by atoms with Gasteiger partial charge in [0.05, 0.1) is 24.9 Å². The summed E-state index contributed by atoms with van der Waals surface area (Å²) in [5, 5.41) is 29.6. The monoisotopic (exact) mass is 787 g/mol. The second-order valence-corrected chi connectivity index (χ2v) is 16.7. The zero-order chi connectivity index (χ0) is 39.3. The molecule has 3 heterocycles. The molecular formula is C40H62N5O9P. The van der Waals surface area contributed by atoms with Crippen LogP contribution in [0.3, 0.4) is 0 Å². The lowest BCUT2D eigenvalue weighted by Crippen LogP contribution is -2.46. The zero-order valence-corrected chi connectivity index (χ0v) is 33.4. The third-order valence-electron chi connectivity index (χ3n) is 10.9. The van der Waals surface area contributed by atoms with Gasteiger partial charge in [-0.25, -0.2) is 14.1 Å². The molecule has 1 saturated carbocycles. The molecule has 0 spiro atoms. The summed E-state index contributed by atoms with van der Waals surface area (Å²) in [6.07, 6.45) is 17.6. The molecule has 55 heavy (non-hydrogen) atoms. The van der Waals surface area contributed by atoms with Crippen LogP contribution in [0.1, 0.15) is 133 Å². The van der Waals surface area contributed by atoms with Crippen molar-refractivity contribution in [2.24, 2.45) is 0 Å². The Kier molecular flexibility index (Phi) is 16.1. The summed E-state index contributed by atoms with van der Waals surface area (Å²) in [6.45, 7) is 3.96. The summed E-state index contributed by atoms with van der Waals surface area (Å²) in [5.41, 5.74) is 3.83. The van der Waals surface area contributed by atoms with Crippen molar-refractivity contribution >= 4 is 25.1 Å². The number of hydrogen-bond donors (Lipinski definition) is 5. The van der Waals surface area contributed by atoms with E-state index in [1.807, 2.05) is 0 Å². The van der Waals surface area contributed by atoms with E-state index in [2.05, 4.69) is 22.3 Å². The van der Waals surface area contributed by atoms with Crippen molar-refractivity contribution in [3.63, 3.8) is 0 Å². The van der Waals surface area contributed by atoms with Gasteiger partial charge in [0, 0.05) is 12.2 Å². The number of nitrogens with one attached hydrogen (secondary N) is 1. The van der Waals surface area contributed by atoms with Crippen LogP contribution in [0.25, 0.3) is 5.52 Å². The number of aliphatic hydroxyl groups excluding tert-OH is 1. The Hall–Kier alpha value is -2.94. The van der Waals surface area contributed by atoms with E-state index in [4.69, 9.17) is 24.3 Å². The smallest absolute Gasteiger partial charge is 0.386 e. The topological polar surface area (TPSA) is 200 Å². The maximum atomic E-state index is 13.1. The molecule has 2 aliphatic rings. The van der Waals surface area contributed by atoms with Gasteiger partial charge in [-0.05, 0) is 37.6 Å². The maximum absolute atomic E-state index is 13.1. The molecule has 3 aromatic rings. The number of rotatable bonds is 27. The van der Waals surface area contributed by atoms with Crippen LogP contribution in [-0.4, -0.2) is 85.4 Å². The van der Waals surface area contributed by atoms with Gasteiger partial charge in [-0.15, -0.1) is 0 Å². The van der Waals surface area contributed by atoms with Crippen molar-refractivity contribution in [2.45, 2.75) is 152 Å². The lowest BCUT2D eigenvalue weighted by Gasteiger charge is -2.32. The van der Waals surface area contributed by atoms with E-state index < -0.39 is 50.0 Å². The van der Waals surface area contributed by atoms with E-state index in [1.165, 1.54) is 94.3 Å². The Bertz CT molecular complexity index is 1680. The zero-order valence-electron chi connectivity index (χ0n) is 32.5. The predicted molar refractivity (Wildman–Crippen MR) is 209 cm³/mol. The molecule has 5 rings (SSSR count). The Morgan fingerprint density at radius 3 is 2.13 bits per heavy atom. The van der Waals surface area contributed by atoms with Gasteiger partial charge in [-0.3, -0.25) is 13.8 Å². The molecule has 1 amide bonds. The summed E-state index contributed by atoms with van der Waals surface area (Å²) >= 11 is 0. The average Bonchev–Trinajstić information content (AvgIpc) is 3.41. The number of hydrogen-bond acceptors (Lipinski definition) is 11. The maximum Gasteiger partial charge on any atom is 0.472 e. The number of nitrogen functional groups attached to an aromatic ring is 1. The highest BCUT2D eigenvalue weighted by atomic mass is 31.2. The molecule has 2 unspecified atom stereocenters. The minimum absolute atomic E-state index is 0.0484. The standard InChI is InChI=1S/C40H62N5O9P/c1-3-4-5-6-7-8-9-10-11-12-13-14-15-16-17-21-26-51-27-31(44-37(46)30-22-19-18-20-23-30)28-52-55(49,50)54-35-34-40(35,48)38(47)39(2,53-34)33-25-24-32-36(41)42-29-43-45(32)33/h18-20,22-25,29,31,34-35,38,47-48H,3-17,21,26-28H2,1-2H3,(H,44,46)(H,49,50)(H2,41,42,43)/t31-,34-,35?,38+,39+,40+/m1/s1. The number of benzene rings is 1. The van der Waals surface area contributed by atoms with E-state index in [9.17, 15) is 24.5 Å². The number of carbonyl (C=O) groups is 1. The van der Waals surface area contributed by atoms with Crippen LogP contribution < -0.4 is 11.1 Å². The minimum Gasteiger partial charge on any atom is -0.386 e. The van der Waals surface area contributed by atoms with Crippen LogP contribution in [0.4, 0.5) is 5.82 Å². The molecular weight excluding hydrogens is 725 g/mol. The summed E-state index contributed by atoms with van der Waals surface area (Å²) in [6, 6.07) is 11.1. The van der Waals surface area contributed by atoms with E-state index in [0.29, 0.717) is 23.4 Å². The highest BCUT2D eigenvalue weighted by Gasteiger charge is 2.82. The van der Waals surface area contributed by atoms with Crippen LogP contribution in [0.15, 0.2) is 48.8 Å². The van der Waals surface area contributed by atoms with Gasteiger partial charge in [0.25, 0.3) is 5.91 Å². The van der Waals surface area contributed by atoms with Crippen LogP contribution in [0.5, 0.6) is 0 Å². The largest absolute Gasteiger partial charge is 0.472 e. The fourth-order valence-electron chi connectivity index (χ4n) is 7.56. The van der Waals surface area contributed by atoms with Gasteiger partial charge in [-0.1, -0.05) is 121 Å². The fourth-order valence-corrected chi connectivity index (χ4v) is 8.56. The van der Waals surface area contributed by atoms with Crippen molar-refractivity contribution in [2.75, 3.05) is 25.6 Å². The molecule has 0 bridgehead atoms. The Morgan fingerprint density at radius 2 is 1.55 bits per heavy atom. The quantitative estimate of drug-likeness (QED) is 0.0410. The van der Waals surface area contributed by atoms with Crippen molar-refractivity contribution < 1.29 is 43.0 Å². The van der Waals surface area contributed by atoms with Crippen LogP contribution >= 0.6 is 7.82 Å². The second kappa shape index (κ2) is 20.5. The lowest BCUT2D eigenvalue weighted by atomic mass is 9.91.